The van der Waals surface area contributed by atoms with Crippen LogP contribution in [-0.2, 0) is 22.7 Å². The second kappa shape index (κ2) is 8.04. The van der Waals surface area contributed by atoms with Gasteiger partial charge in [-0.25, -0.2) is 23.1 Å². The number of hydrogen-bond acceptors (Lipinski definition) is 5. The Kier molecular flexibility index (Phi) is 5.90. The van der Waals surface area contributed by atoms with Gasteiger partial charge in [0.2, 0.25) is 10.0 Å². The van der Waals surface area contributed by atoms with Crippen molar-refractivity contribution in [2.75, 3.05) is 18.0 Å². The Hall–Kier alpha value is -2.20. The summed E-state index contributed by atoms with van der Waals surface area (Å²) in [4.78, 5) is 10.6. The summed E-state index contributed by atoms with van der Waals surface area (Å²) < 4.78 is 65.0. The van der Waals surface area contributed by atoms with Crippen LogP contribution in [-0.4, -0.2) is 31.5 Å². The van der Waals surface area contributed by atoms with Crippen LogP contribution in [0.3, 0.4) is 0 Å². The molecular weight excluding hydrogens is 393 g/mol. The zero-order chi connectivity index (χ0) is 20.4. The third-order valence-corrected chi connectivity index (χ3v) is 5.90. The molecule has 3 rings (SSSR count). The molecule has 1 aliphatic heterocycles. The van der Waals surface area contributed by atoms with E-state index >= 15 is 0 Å². The average molecular weight is 414 g/mol. The molecule has 0 spiro atoms. The number of benzene rings is 1. The molecule has 28 heavy (non-hydrogen) atoms. The molecule has 0 saturated carbocycles. The van der Waals surface area contributed by atoms with Gasteiger partial charge in [-0.3, -0.25) is 0 Å². The number of rotatable bonds is 5. The van der Waals surface area contributed by atoms with Crippen molar-refractivity contribution in [3.05, 3.63) is 47.4 Å². The minimum absolute atomic E-state index is 0.147. The first kappa shape index (κ1) is 20.5. The summed E-state index contributed by atoms with van der Waals surface area (Å²) in [6, 6.07) is 5.21. The van der Waals surface area contributed by atoms with E-state index in [0.717, 1.165) is 61.7 Å². The Morgan fingerprint density at radius 2 is 1.71 bits per heavy atom. The maximum absolute atomic E-state index is 12.6. The molecule has 0 unspecified atom stereocenters. The van der Waals surface area contributed by atoms with E-state index in [9.17, 15) is 21.6 Å². The van der Waals surface area contributed by atoms with Gasteiger partial charge in [0.1, 0.15) is 11.6 Å². The number of aryl methyl sites for hydroxylation is 1. The van der Waals surface area contributed by atoms with Crippen LogP contribution in [0.4, 0.5) is 19.0 Å². The zero-order valence-electron chi connectivity index (χ0n) is 15.3. The number of anilines is 1. The summed E-state index contributed by atoms with van der Waals surface area (Å²) in [6.45, 7) is 3.45. The van der Waals surface area contributed by atoms with E-state index < -0.39 is 21.8 Å². The van der Waals surface area contributed by atoms with E-state index in [1.54, 1.807) is 0 Å². The van der Waals surface area contributed by atoms with E-state index in [1.807, 2.05) is 13.0 Å². The van der Waals surface area contributed by atoms with Crippen LogP contribution in [0.2, 0.25) is 0 Å². The number of hydrogen-bond donors (Lipinski definition) is 1. The van der Waals surface area contributed by atoms with Gasteiger partial charge < -0.3 is 4.90 Å². The van der Waals surface area contributed by atoms with Crippen LogP contribution in [0.1, 0.15) is 36.3 Å². The normalized spacial score (nSPS) is 15.6. The highest BCUT2D eigenvalue weighted by Gasteiger charge is 2.30. The summed E-state index contributed by atoms with van der Waals surface area (Å²) in [5.74, 6) is 1.08. The molecule has 6 nitrogen and oxygen atoms in total. The molecule has 0 amide bonds. The van der Waals surface area contributed by atoms with Crippen LogP contribution in [0, 0.1) is 6.92 Å². The lowest BCUT2D eigenvalue weighted by molar-refractivity contribution is -0.137. The number of nitrogens with one attached hydrogen (secondary N) is 1. The van der Waals surface area contributed by atoms with Gasteiger partial charge in [0, 0.05) is 24.8 Å². The van der Waals surface area contributed by atoms with Gasteiger partial charge in [0.15, 0.2) is 0 Å². The van der Waals surface area contributed by atoms with Gasteiger partial charge >= 0.3 is 6.18 Å². The molecule has 1 aliphatic rings. The largest absolute Gasteiger partial charge is 0.416 e. The van der Waals surface area contributed by atoms with Crippen molar-refractivity contribution in [1.29, 1.82) is 0 Å². The van der Waals surface area contributed by atoms with E-state index in [1.165, 1.54) is 6.42 Å². The summed E-state index contributed by atoms with van der Waals surface area (Å²) in [6.07, 6.45) is -1.17. The Labute approximate surface area is 161 Å². The van der Waals surface area contributed by atoms with E-state index in [4.69, 9.17) is 0 Å². The van der Waals surface area contributed by atoms with Crippen molar-refractivity contribution in [2.24, 2.45) is 0 Å². The number of nitrogens with zero attached hydrogens (tertiary/aromatic N) is 3. The number of halogens is 3. The molecule has 152 valence electrons. The molecule has 1 aromatic heterocycles. The van der Waals surface area contributed by atoms with Gasteiger partial charge in [-0.1, -0.05) is 0 Å². The van der Waals surface area contributed by atoms with Crippen LogP contribution in [0.15, 0.2) is 35.2 Å². The number of piperidine rings is 1. The molecule has 2 heterocycles. The molecule has 0 aliphatic carbocycles. The Morgan fingerprint density at radius 1 is 1.07 bits per heavy atom. The molecule has 0 radical (unpaired) electrons. The molecule has 0 atom stereocenters. The van der Waals surface area contributed by atoms with Crippen molar-refractivity contribution < 1.29 is 21.6 Å². The van der Waals surface area contributed by atoms with Gasteiger partial charge in [0.25, 0.3) is 0 Å². The molecule has 10 heteroatoms. The van der Waals surface area contributed by atoms with Crippen LogP contribution in [0.5, 0.6) is 0 Å². The van der Waals surface area contributed by atoms with Gasteiger partial charge in [-0.15, -0.1) is 0 Å². The molecule has 2 aromatic rings. The lowest BCUT2D eigenvalue weighted by Gasteiger charge is -2.28. The van der Waals surface area contributed by atoms with Crippen molar-refractivity contribution in [3.8, 4) is 0 Å². The monoisotopic (exact) mass is 414 g/mol. The van der Waals surface area contributed by atoms with Crippen LogP contribution < -0.4 is 9.62 Å². The van der Waals surface area contributed by atoms with Gasteiger partial charge in [0.05, 0.1) is 17.0 Å². The van der Waals surface area contributed by atoms with Gasteiger partial charge in [-0.2, -0.15) is 13.2 Å². The quantitative estimate of drug-likeness (QED) is 0.813. The standard InChI is InChI=1S/C18H21F3N4O2S/c1-13-11-17(25-9-3-2-4-10-25)24-16(23-13)12-22-28(26,27)15-7-5-14(6-8-15)18(19,20)21/h5-8,11,22H,2-4,9-10,12H2,1H3. The van der Waals surface area contributed by atoms with E-state index in [2.05, 4.69) is 19.6 Å². The predicted molar refractivity (Wildman–Crippen MR) is 98.3 cm³/mol. The third-order valence-electron chi connectivity index (χ3n) is 4.48. The topological polar surface area (TPSA) is 75.2 Å². The van der Waals surface area contributed by atoms with Crippen molar-refractivity contribution in [1.82, 2.24) is 14.7 Å². The maximum Gasteiger partial charge on any atom is 0.416 e. The molecule has 1 fully saturated rings. The Balaban J connectivity index is 1.73. The minimum Gasteiger partial charge on any atom is -0.357 e. The van der Waals surface area contributed by atoms with Gasteiger partial charge in [-0.05, 0) is 50.5 Å². The second-order valence-electron chi connectivity index (χ2n) is 6.68. The average Bonchev–Trinajstić information content (AvgIpc) is 2.66. The SMILES string of the molecule is Cc1cc(N2CCCCC2)nc(CNS(=O)(=O)c2ccc(C(F)(F)F)cc2)n1. The fourth-order valence-corrected chi connectivity index (χ4v) is 4.02. The molecule has 0 bridgehead atoms. The summed E-state index contributed by atoms with van der Waals surface area (Å²) in [5.41, 5.74) is -0.182. The number of alkyl halides is 3. The zero-order valence-corrected chi connectivity index (χ0v) is 16.1. The highest BCUT2D eigenvalue weighted by atomic mass is 32.2. The Morgan fingerprint density at radius 3 is 2.32 bits per heavy atom. The van der Waals surface area contributed by atoms with E-state index in [0.29, 0.717) is 5.82 Å². The number of sulfonamides is 1. The molecule has 1 aromatic carbocycles. The first-order valence-electron chi connectivity index (χ1n) is 8.91. The maximum atomic E-state index is 12.6. The molecular formula is C18H21F3N4O2S. The smallest absolute Gasteiger partial charge is 0.357 e. The minimum atomic E-state index is -4.52. The summed E-state index contributed by atoms with van der Waals surface area (Å²) >= 11 is 0. The highest BCUT2D eigenvalue weighted by Crippen LogP contribution is 2.29. The fourth-order valence-electron chi connectivity index (χ4n) is 3.04. The van der Waals surface area contributed by atoms with Crippen molar-refractivity contribution >= 4 is 15.8 Å². The van der Waals surface area contributed by atoms with E-state index in [-0.39, 0.29) is 11.4 Å². The second-order valence-corrected chi connectivity index (χ2v) is 8.45. The molecule has 1 saturated heterocycles. The summed E-state index contributed by atoms with van der Waals surface area (Å²) in [7, 11) is -3.98. The van der Waals surface area contributed by atoms with Crippen molar-refractivity contribution in [2.45, 2.75) is 43.8 Å². The van der Waals surface area contributed by atoms with Crippen LogP contribution in [0.25, 0.3) is 0 Å². The highest BCUT2D eigenvalue weighted by molar-refractivity contribution is 7.89. The van der Waals surface area contributed by atoms with Crippen molar-refractivity contribution in [3.63, 3.8) is 0 Å². The molecule has 1 N–H and O–H groups in total. The third kappa shape index (κ3) is 4.99. The first-order valence-corrected chi connectivity index (χ1v) is 10.4. The number of aromatic nitrogens is 2. The van der Waals surface area contributed by atoms with Crippen LogP contribution >= 0.6 is 0 Å². The fraction of sp³-hybridized carbons (Fsp3) is 0.444. The first-order chi connectivity index (χ1) is 13.1. The summed E-state index contributed by atoms with van der Waals surface area (Å²) in [5, 5.41) is 0. The predicted octanol–water partition coefficient (Wildman–Crippen LogP) is 3.27. The lowest BCUT2D eigenvalue weighted by atomic mass is 10.1. The lowest BCUT2D eigenvalue weighted by Crippen LogP contribution is -2.31. The Bertz CT molecular complexity index is 925.